The average Bonchev–Trinajstić information content (AvgIpc) is 2.69. The van der Waals surface area contributed by atoms with Gasteiger partial charge in [0.1, 0.15) is 5.75 Å². The summed E-state index contributed by atoms with van der Waals surface area (Å²) in [6.45, 7) is 11.5. The van der Waals surface area contributed by atoms with Crippen LogP contribution in [0, 0.1) is 12.8 Å². The van der Waals surface area contributed by atoms with Crippen LogP contribution in [0.3, 0.4) is 0 Å². The van der Waals surface area contributed by atoms with Crippen LogP contribution in [0.1, 0.15) is 51.7 Å². The van der Waals surface area contributed by atoms with Gasteiger partial charge in [0.25, 0.3) is 0 Å². The molecule has 0 amide bonds. The molecule has 0 saturated carbocycles. The van der Waals surface area contributed by atoms with Crippen LogP contribution in [-0.2, 0) is 6.42 Å². The Balaban J connectivity index is 2.22. The number of benzene rings is 2. The smallest absolute Gasteiger partial charge is 0.122 e. The monoisotopic (exact) mass is 366 g/mol. The molecule has 3 nitrogen and oxygen atoms in total. The van der Waals surface area contributed by atoms with Crippen LogP contribution in [0.15, 0.2) is 48.3 Å². The highest BCUT2D eigenvalue weighted by atomic mass is 16.5. The van der Waals surface area contributed by atoms with E-state index in [0.29, 0.717) is 11.7 Å². The summed E-state index contributed by atoms with van der Waals surface area (Å²) in [7, 11) is 0. The summed E-state index contributed by atoms with van der Waals surface area (Å²) < 4.78 is 6.07. The molecule has 2 aromatic rings. The second kappa shape index (κ2) is 10.1. The minimum atomic E-state index is 0.662. The molecular formula is C24H34N2O. The molecule has 0 heterocycles. The largest absolute Gasteiger partial charge is 0.493 e. The molecule has 2 aromatic carbocycles. The van der Waals surface area contributed by atoms with Crippen LogP contribution in [0.4, 0.5) is 5.69 Å². The van der Waals surface area contributed by atoms with Crippen molar-refractivity contribution in [1.29, 1.82) is 0 Å². The van der Waals surface area contributed by atoms with Crippen LogP contribution in [0.5, 0.6) is 5.75 Å². The second-order valence-electron chi connectivity index (χ2n) is 7.23. The minimum absolute atomic E-state index is 0.662. The van der Waals surface area contributed by atoms with Crippen molar-refractivity contribution in [2.75, 3.05) is 11.9 Å². The molecule has 2 rings (SSSR count). The van der Waals surface area contributed by atoms with Crippen molar-refractivity contribution in [3.05, 3.63) is 59.4 Å². The zero-order valence-corrected chi connectivity index (χ0v) is 17.4. The first kappa shape index (κ1) is 20.9. The standard InChI is InChI=1S/C24H34N2O/c1-6-17(4)13-14-27-23-12-11-20(15-19(23)7-2)21-10-9-18(5)22(16-21)26-24(25)8-3/h8-12,15-17,26H,6-7,13-14,25H2,1-5H3/b24-8-. The maximum absolute atomic E-state index is 6.07. The Labute approximate surface area is 164 Å². The molecule has 0 aliphatic heterocycles. The topological polar surface area (TPSA) is 47.3 Å². The van der Waals surface area contributed by atoms with Crippen molar-refractivity contribution in [2.24, 2.45) is 11.7 Å². The van der Waals surface area contributed by atoms with Gasteiger partial charge in [-0.15, -0.1) is 0 Å². The lowest BCUT2D eigenvalue weighted by Crippen LogP contribution is -2.09. The number of anilines is 1. The van der Waals surface area contributed by atoms with Crippen molar-refractivity contribution in [3.63, 3.8) is 0 Å². The quantitative estimate of drug-likeness (QED) is 0.549. The molecule has 1 atom stereocenters. The van der Waals surface area contributed by atoms with E-state index in [2.05, 4.69) is 69.4 Å². The maximum atomic E-state index is 6.07. The number of hydrogen-bond donors (Lipinski definition) is 2. The van der Waals surface area contributed by atoms with Gasteiger partial charge in [0.05, 0.1) is 12.4 Å². The van der Waals surface area contributed by atoms with E-state index in [9.17, 15) is 0 Å². The van der Waals surface area contributed by atoms with Crippen molar-refractivity contribution < 1.29 is 4.74 Å². The Morgan fingerprint density at radius 1 is 1.15 bits per heavy atom. The lowest BCUT2D eigenvalue weighted by Gasteiger charge is -2.15. The van der Waals surface area contributed by atoms with Gasteiger partial charge in [-0.05, 0) is 79.1 Å². The van der Waals surface area contributed by atoms with Crippen molar-refractivity contribution in [2.45, 2.75) is 53.9 Å². The zero-order chi connectivity index (χ0) is 19.8. The summed E-state index contributed by atoms with van der Waals surface area (Å²) in [5, 5.41) is 3.27. The lowest BCUT2D eigenvalue weighted by atomic mass is 9.99. The molecule has 27 heavy (non-hydrogen) atoms. The molecule has 146 valence electrons. The molecule has 0 bridgehead atoms. The number of nitrogens with one attached hydrogen (secondary N) is 1. The van der Waals surface area contributed by atoms with E-state index in [4.69, 9.17) is 10.5 Å². The van der Waals surface area contributed by atoms with Gasteiger partial charge >= 0.3 is 0 Å². The summed E-state index contributed by atoms with van der Waals surface area (Å²) in [6.07, 6.45) is 5.12. The fraction of sp³-hybridized carbons (Fsp3) is 0.417. The first-order valence-corrected chi connectivity index (χ1v) is 10.0. The normalized spacial score (nSPS) is 12.7. The van der Waals surface area contributed by atoms with E-state index in [1.54, 1.807) is 0 Å². The molecule has 0 spiro atoms. The molecule has 1 unspecified atom stereocenters. The highest BCUT2D eigenvalue weighted by molar-refractivity contribution is 5.72. The molecule has 0 aliphatic rings. The first-order chi connectivity index (χ1) is 13.0. The number of nitrogens with two attached hydrogens (primary N) is 1. The predicted molar refractivity (Wildman–Crippen MR) is 117 cm³/mol. The summed E-state index contributed by atoms with van der Waals surface area (Å²) in [5.74, 6) is 2.38. The Kier molecular flexibility index (Phi) is 7.78. The van der Waals surface area contributed by atoms with Crippen molar-refractivity contribution in [1.82, 2.24) is 0 Å². The van der Waals surface area contributed by atoms with Gasteiger partial charge in [-0.2, -0.15) is 0 Å². The van der Waals surface area contributed by atoms with E-state index in [0.717, 1.165) is 30.9 Å². The van der Waals surface area contributed by atoms with Crippen LogP contribution in [-0.4, -0.2) is 6.61 Å². The number of rotatable bonds is 9. The molecule has 0 fully saturated rings. The minimum Gasteiger partial charge on any atom is -0.493 e. The van der Waals surface area contributed by atoms with E-state index < -0.39 is 0 Å². The third kappa shape index (κ3) is 5.78. The number of aryl methyl sites for hydroxylation is 2. The maximum Gasteiger partial charge on any atom is 0.122 e. The molecule has 3 heteroatoms. The first-order valence-electron chi connectivity index (χ1n) is 10.0. The summed E-state index contributed by atoms with van der Waals surface area (Å²) in [6, 6.07) is 12.9. The van der Waals surface area contributed by atoms with Crippen LogP contribution in [0.25, 0.3) is 11.1 Å². The van der Waals surface area contributed by atoms with Gasteiger partial charge in [0.2, 0.25) is 0 Å². The van der Waals surface area contributed by atoms with Crippen LogP contribution < -0.4 is 15.8 Å². The number of ether oxygens (including phenoxy) is 1. The Bertz CT molecular complexity index is 780. The summed E-state index contributed by atoms with van der Waals surface area (Å²) >= 11 is 0. The van der Waals surface area contributed by atoms with Crippen LogP contribution in [0.2, 0.25) is 0 Å². The summed E-state index contributed by atoms with van der Waals surface area (Å²) in [5.41, 5.74) is 11.8. The molecule has 0 aromatic heterocycles. The van der Waals surface area contributed by atoms with Gasteiger partial charge in [-0.1, -0.05) is 45.4 Å². The molecule has 0 saturated heterocycles. The summed E-state index contributed by atoms with van der Waals surface area (Å²) in [4.78, 5) is 0. The SMILES string of the molecule is C/C=C(/N)Nc1cc(-c2ccc(OCCC(C)CC)c(CC)c2)ccc1C. The highest BCUT2D eigenvalue weighted by Crippen LogP contribution is 2.30. The van der Waals surface area contributed by atoms with E-state index in [1.807, 2.05) is 13.0 Å². The Hall–Kier alpha value is -2.42. The van der Waals surface area contributed by atoms with Gasteiger partial charge in [0, 0.05) is 5.69 Å². The van der Waals surface area contributed by atoms with E-state index >= 15 is 0 Å². The fourth-order valence-corrected chi connectivity index (χ4v) is 2.91. The Morgan fingerprint density at radius 3 is 2.52 bits per heavy atom. The van der Waals surface area contributed by atoms with Crippen LogP contribution >= 0.6 is 0 Å². The van der Waals surface area contributed by atoms with Crippen molar-refractivity contribution >= 4 is 5.69 Å². The second-order valence-corrected chi connectivity index (χ2v) is 7.23. The van der Waals surface area contributed by atoms with Gasteiger partial charge < -0.3 is 15.8 Å². The van der Waals surface area contributed by atoms with Gasteiger partial charge in [-0.3, -0.25) is 0 Å². The lowest BCUT2D eigenvalue weighted by molar-refractivity contribution is 0.279. The molecule has 0 aliphatic carbocycles. The third-order valence-corrected chi connectivity index (χ3v) is 5.17. The fourth-order valence-electron chi connectivity index (χ4n) is 2.91. The van der Waals surface area contributed by atoms with E-state index in [-0.39, 0.29) is 0 Å². The number of allylic oxidation sites excluding steroid dienone is 1. The number of hydrogen-bond acceptors (Lipinski definition) is 3. The van der Waals surface area contributed by atoms with Gasteiger partial charge in [-0.25, -0.2) is 0 Å². The van der Waals surface area contributed by atoms with E-state index in [1.165, 1.54) is 28.7 Å². The Morgan fingerprint density at radius 2 is 1.85 bits per heavy atom. The van der Waals surface area contributed by atoms with Crippen molar-refractivity contribution in [3.8, 4) is 16.9 Å². The predicted octanol–water partition coefficient (Wildman–Crippen LogP) is 6.27. The highest BCUT2D eigenvalue weighted by Gasteiger charge is 2.08. The third-order valence-electron chi connectivity index (χ3n) is 5.17. The van der Waals surface area contributed by atoms with Gasteiger partial charge in [0.15, 0.2) is 0 Å². The zero-order valence-electron chi connectivity index (χ0n) is 17.4. The molecule has 3 N–H and O–H groups in total. The average molecular weight is 367 g/mol. The molecule has 0 radical (unpaired) electrons. The molecular weight excluding hydrogens is 332 g/mol.